The Kier molecular flexibility index (Phi) is 7.55. The number of thiophene rings is 1. The second-order valence-corrected chi connectivity index (χ2v) is 9.00. The first-order chi connectivity index (χ1) is 14.4. The topological polar surface area (TPSA) is 89.2 Å². The van der Waals surface area contributed by atoms with E-state index in [0.717, 1.165) is 21.6 Å². The van der Waals surface area contributed by atoms with Gasteiger partial charge >= 0.3 is 0 Å². The van der Waals surface area contributed by atoms with Crippen LogP contribution in [0.1, 0.15) is 27.1 Å². The second kappa shape index (κ2) is 10.1. The summed E-state index contributed by atoms with van der Waals surface area (Å²) in [5.41, 5.74) is 11.5. The molecule has 0 aliphatic heterocycles. The molecule has 0 atom stereocenters. The number of nitrogens with one attached hydrogen (secondary N) is 2. The Morgan fingerprint density at radius 3 is 2.63 bits per heavy atom. The summed E-state index contributed by atoms with van der Waals surface area (Å²) >= 11 is 13.4. The normalized spacial score (nSPS) is 10.8. The monoisotopic (exact) mass is 464 g/mol. The van der Waals surface area contributed by atoms with Crippen LogP contribution in [0.25, 0.3) is 0 Å². The van der Waals surface area contributed by atoms with Gasteiger partial charge in [-0.2, -0.15) is 0 Å². The van der Waals surface area contributed by atoms with Crippen LogP contribution in [0, 0.1) is 6.92 Å². The standard InChI is InChI=1S/C21H22Cl2N4O2S/c1-13-6-7-27(26-12-17-4-5-19(23)30-17)21(29)18(13)9-20(28)25-11-15-8-16(22)3-2-14(15)10-24/h2-8,26H,9-12,24H2,1H3,(H,25,28). The first-order valence-electron chi connectivity index (χ1n) is 9.30. The second-order valence-electron chi connectivity index (χ2n) is 6.76. The molecule has 0 radical (unpaired) electrons. The Bertz CT molecular complexity index is 1110. The number of amides is 1. The smallest absolute Gasteiger partial charge is 0.272 e. The van der Waals surface area contributed by atoms with Gasteiger partial charge in [0.05, 0.1) is 17.3 Å². The lowest BCUT2D eigenvalue weighted by molar-refractivity contribution is -0.120. The number of benzene rings is 1. The lowest BCUT2D eigenvalue weighted by Crippen LogP contribution is -2.34. The van der Waals surface area contributed by atoms with E-state index in [0.29, 0.717) is 34.6 Å². The van der Waals surface area contributed by atoms with Gasteiger partial charge in [-0.3, -0.25) is 9.59 Å². The Labute approximate surface area is 188 Å². The Morgan fingerprint density at radius 1 is 1.13 bits per heavy atom. The molecule has 9 heteroatoms. The zero-order valence-corrected chi connectivity index (χ0v) is 18.7. The molecule has 6 nitrogen and oxygen atoms in total. The van der Waals surface area contributed by atoms with Gasteiger partial charge in [0.1, 0.15) is 0 Å². The van der Waals surface area contributed by atoms with Gasteiger partial charge in [0.25, 0.3) is 5.56 Å². The van der Waals surface area contributed by atoms with E-state index in [-0.39, 0.29) is 17.9 Å². The highest BCUT2D eigenvalue weighted by atomic mass is 35.5. The lowest BCUT2D eigenvalue weighted by atomic mass is 10.1. The molecule has 30 heavy (non-hydrogen) atoms. The van der Waals surface area contributed by atoms with Crippen LogP contribution in [0.15, 0.2) is 47.4 Å². The number of rotatable bonds is 8. The third-order valence-corrected chi connectivity index (χ3v) is 6.15. The van der Waals surface area contributed by atoms with Crippen molar-refractivity contribution in [2.75, 3.05) is 5.43 Å². The van der Waals surface area contributed by atoms with E-state index in [1.54, 1.807) is 18.3 Å². The van der Waals surface area contributed by atoms with E-state index in [2.05, 4.69) is 10.7 Å². The van der Waals surface area contributed by atoms with Crippen LogP contribution < -0.4 is 22.0 Å². The summed E-state index contributed by atoms with van der Waals surface area (Å²) in [6, 6.07) is 10.9. The van der Waals surface area contributed by atoms with Crippen molar-refractivity contribution in [3.05, 3.63) is 89.4 Å². The van der Waals surface area contributed by atoms with Crippen LogP contribution >= 0.6 is 34.5 Å². The maximum Gasteiger partial charge on any atom is 0.272 e. The highest BCUT2D eigenvalue weighted by molar-refractivity contribution is 7.16. The average molecular weight is 465 g/mol. The summed E-state index contributed by atoms with van der Waals surface area (Å²) in [6.45, 7) is 2.93. The van der Waals surface area contributed by atoms with Gasteiger partial charge < -0.3 is 16.5 Å². The van der Waals surface area contributed by atoms with Crippen LogP contribution in [0.5, 0.6) is 0 Å². The average Bonchev–Trinajstić information content (AvgIpc) is 3.14. The molecule has 3 rings (SSSR count). The quantitative estimate of drug-likeness (QED) is 0.475. The fraction of sp³-hybridized carbons (Fsp3) is 0.238. The number of halogens is 2. The Balaban J connectivity index is 1.67. The van der Waals surface area contributed by atoms with Crippen LogP contribution in [0.4, 0.5) is 0 Å². The van der Waals surface area contributed by atoms with Gasteiger partial charge in [0.2, 0.25) is 5.91 Å². The first-order valence-corrected chi connectivity index (χ1v) is 10.9. The van der Waals surface area contributed by atoms with Crippen LogP contribution in [-0.4, -0.2) is 10.6 Å². The number of pyridine rings is 1. The van der Waals surface area contributed by atoms with E-state index in [9.17, 15) is 9.59 Å². The van der Waals surface area contributed by atoms with Gasteiger partial charge in [-0.15, -0.1) is 11.3 Å². The van der Waals surface area contributed by atoms with Gasteiger partial charge in [-0.1, -0.05) is 29.3 Å². The Hall–Kier alpha value is -2.32. The molecule has 4 N–H and O–H groups in total. The van der Waals surface area contributed by atoms with Crippen LogP contribution in [0.2, 0.25) is 9.36 Å². The lowest BCUT2D eigenvalue weighted by Gasteiger charge is -2.13. The number of nitrogens with zero attached hydrogens (tertiary/aromatic N) is 1. The molecule has 2 aromatic heterocycles. The zero-order valence-electron chi connectivity index (χ0n) is 16.4. The SMILES string of the molecule is Cc1ccn(NCc2ccc(Cl)s2)c(=O)c1CC(=O)NCc1cc(Cl)ccc1CN. The minimum atomic E-state index is -0.252. The highest BCUT2D eigenvalue weighted by Crippen LogP contribution is 2.21. The van der Waals surface area contributed by atoms with E-state index in [1.807, 2.05) is 31.2 Å². The molecule has 1 amide bonds. The predicted molar refractivity (Wildman–Crippen MR) is 123 cm³/mol. The van der Waals surface area contributed by atoms with Crippen molar-refractivity contribution >= 4 is 40.4 Å². The summed E-state index contributed by atoms with van der Waals surface area (Å²) in [4.78, 5) is 26.3. The number of nitrogens with two attached hydrogens (primary N) is 1. The van der Waals surface area contributed by atoms with Gasteiger partial charge in [-0.25, -0.2) is 4.68 Å². The Morgan fingerprint density at radius 2 is 1.93 bits per heavy atom. The predicted octanol–water partition coefficient (Wildman–Crippen LogP) is 3.59. The summed E-state index contributed by atoms with van der Waals surface area (Å²) in [5.74, 6) is -0.249. The van der Waals surface area contributed by atoms with Gasteiger partial charge in [0.15, 0.2) is 0 Å². The van der Waals surface area contributed by atoms with E-state index in [4.69, 9.17) is 28.9 Å². The van der Waals surface area contributed by atoms with E-state index >= 15 is 0 Å². The third-order valence-electron chi connectivity index (χ3n) is 4.68. The molecular weight excluding hydrogens is 443 g/mol. The summed E-state index contributed by atoms with van der Waals surface area (Å²) < 4.78 is 2.09. The zero-order chi connectivity index (χ0) is 21.7. The number of aryl methyl sites for hydroxylation is 1. The molecule has 0 aliphatic carbocycles. The summed E-state index contributed by atoms with van der Waals surface area (Å²) in [7, 11) is 0. The minimum absolute atomic E-state index is 0.0173. The number of hydrogen-bond acceptors (Lipinski definition) is 5. The molecule has 0 unspecified atom stereocenters. The van der Waals surface area contributed by atoms with E-state index < -0.39 is 0 Å². The van der Waals surface area contributed by atoms with Crippen molar-refractivity contribution in [2.24, 2.45) is 5.73 Å². The van der Waals surface area contributed by atoms with Crippen LogP contribution in [-0.2, 0) is 30.8 Å². The molecular formula is C21H22Cl2N4O2S. The van der Waals surface area contributed by atoms with Gasteiger partial charge in [-0.05, 0) is 53.9 Å². The molecule has 0 saturated heterocycles. The maximum absolute atomic E-state index is 12.8. The number of hydrogen-bond donors (Lipinski definition) is 3. The molecule has 0 spiro atoms. The first kappa shape index (κ1) is 22.4. The largest absolute Gasteiger partial charge is 0.352 e. The molecule has 0 fully saturated rings. The van der Waals surface area contributed by atoms with Crippen molar-refractivity contribution < 1.29 is 4.79 Å². The number of carbonyl (C=O) groups is 1. The fourth-order valence-electron chi connectivity index (χ4n) is 2.99. The van der Waals surface area contributed by atoms with Crippen molar-refractivity contribution in [3.8, 4) is 0 Å². The fourth-order valence-corrected chi connectivity index (χ4v) is 4.21. The molecule has 0 bridgehead atoms. The molecule has 158 valence electrons. The number of aromatic nitrogens is 1. The summed E-state index contributed by atoms with van der Waals surface area (Å²) in [6.07, 6.45) is 1.64. The summed E-state index contributed by atoms with van der Waals surface area (Å²) in [5, 5.41) is 3.43. The van der Waals surface area contributed by atoms with Crippen molar-refractivity contribution in [1.82, 2.24) is 9.99 Å². The van der Waals surface area contributed by atoms with Crippen molar-refractivity contribution in [2.45, 2.75) is 33.0 Å². The van der Waals surface area contributed by atoms with Gasteiger partial charge in [0, 0.05) is 34.7 Å². The number of carbonyl (C=O) groups excluding carboxylic acids is 1. The molecule has 2 heterocycles. The molecule has 1 aromatic carbocycles. The van der Waals surface area contributed by atoms with E-state index in [1.165, 1.54) is 16.0 Å². The highest BCUT2D eigenvalue weighted by Gasteiger charge is 2.13. The van der Waals surface area contributed by atoms with Crippen molar-refractivity contribution in [3.63, 3.8) is 0 Å². The maximum atomic E-state index is 12.8. The van der Waals surface area contributed by atoms with Crippen molar-refractivity contribution in [1.29, 1.82) is 0 Å². The molecule has 3 aromatic rings. The van der Waals surface area contributed by atoms with Crippen LogP contribution in [0.3, 0.4) is 0 Å². The molecule has 0 aliphatic rings. The molecule has 0 saturated carbocycles. The minimum Gasteiger partial charge on any atom is -0.352 e. The third kappa shape index (κ3) is 5.64.